The largest absolute Gasteiger partial charge is 0.387 e. The molecule has 0 radical (unpaired) electrons. The second kappa shape index (κ2) is 6.53. The molecule has 0 aliphatic carbocycles. The molecule has 0 bridgehead atoms. The van der Waals surface area contributed by atoms with Gasteiger partial charge in [-0.3, -0.25) is 4.90 Å². The van der Waals surface area contributed by atoms with Gasteiger partial charge in [-0.2, -0.15) is 4.98 Å². The van der Waals surface area contributed by atoms with Gasteiger partial charge in [-0.1, -0.05) is 17.3 Å². The molecule has 2 aromatic rings. The molecule has 0 aromatic carbocycles. The van der Waals surface area contributed by atoms with Crippen molar-refractivity contribution >= 4 is 0 Å². The van der Waals surface area contributed by atoms with E-state index < -0.39 is 5.60 Å². The molecule has 8 nitrogen and oxygen atoms in total. The first-order valence-electron chi connectivity index (χ1n) is 7.77. The van der Waals surface area contributed by atoms with Crippen LogP contribution >= 0.6 is 0 Å². The summed E-state index contributed by atoms with van der Waals surface area (Å²) in [5.74, 6) is 1.38. The van der Waals surface area contributed by atoms with Crippen molar-refractivity contribution in [3.63, 3.8) is 0 Å². The highest BCUT2D eigenvalue weighted by molar-refractivity contribution is 4.92. The smallest absolute Gasteiger partial charge is 0.226 e. The van der Waals surface area contributed by atoms with Crippen molar-refractivity contribution < 1.29 is 9.63 Å². The molecule has 1 atom stereocenters. The number of likely N-dealkylation sites (tertiary alicyclic amines) is 1. The molecule has 1 saturated heterocycles. The van der Waals surface area contributed by atoms with E-state index in [1.54, 1.807) is 17.1 Å². The molecule has 1 unspecified atom stereocenters. The van der Waals surface area contributed by atoms with Gasteiger partial charge in [0.2, 0.25) is 5.89 Å². The number of aliphatic hydroxyl groups is 1. The third-order valence-electron chi connectivity index (χ3n) is 3.90. The van der Waals surface area contributed by atoms with Gasteiger partial charge in [-0.25, -0.2) is 4.68 Å². The minimum absolute atomic E-state index is 0.455. The molecule has 0 spiro atoms. The zero-order chi connectivity index (χ0) is 15.4. The van der Waals surface area contributed by atoms with E-state index in [9.17, 15) is 5.11 Å². The maximum Gasteiger partial charge on any atom is 0.226 e. The van der Waals surface area contributed by atoms with E-state index in [0.29, 0.717) is 31.3 Å². The predicted octanol–water partition coefficient (Wildman–Crippen LogP) is 0.641. The Balaban J connectivity index is 1.59. The van der Waals surface area contributed by atoms with Gasteiger partial charge in [0.1, 0.15) is 0 Å². The standard InChI is InChI=1S/C14H22N6O2/c1-2-4-13-16-12(17-22-13)9-19-7-3-5-14(21,10-19)11-20-8-6-15-18-20/h6,8,21H,2-5,7,9-11H2,1H3. The molecule has 8 heteroatoms. The summed E-state index contributed by atoms with van der Waals surface area (Å²) in [5, 5.41) is 22.5. The molecule has 2 aromatic heterocycles. The zero-order valence-corrected chi connectivity index (χ0v) is 12.9. The number of nitrogens with zero attached hydrogens (tertiary/aromatic N) is 6. The van der Waals surface area contributed by atoms with Crippen LogP contribution in [0.2, 0.25) is 0 Å². The van der Waals surface area contributed by atoms with E-state index >= 15 is 0 Å². The number of aromatic nitrogens is 5. The Labute approximate surface area is 129 Å². The maximum atomic E-state index is 10.8. The monoisotopic (exact) mass is 306 g/mol. The summed E-state index contributed by atoms with van der Waals surface area (Å²) in [7, 11) is 0. The quantitative estimate of drug-likeness (QED) is 0.837. The molecular formula is C14H22N6O2. The SMILES string of the molecule is CCCc1nc(CN2CCCC(O)(Cn3ccnn3)C2)no1. The Bertz CT molecular complexity index is 584. The molecular weight excluding hydrogens is 284 g/mol. The lowest BCUT2D eigenvalue weighted by Gasteiger charge is -2.38. The van der Waals surface area contributed by atoms with Gasteiger partial charge in [-0.05, 0) is 25.8 Å². The Morgan fingerprint density at radius 3 is 3.14 bits per heavy atom. The molecule has 1 aliphatic heterocycles. The van der Waals surface area contributed by atoms with E-state index in [1.807, 2.05) is 0 Å². The van der Waals surface area contributed by atoms with Crippen molar-refractivity contribution in [2.75, 3.05) is 13.1 Å². The summed E-state index contributed by atoms with van der Waals surface area (Å²) < 4.78 is 6.89. The van der Waals surface area contributed by atoms with Crippen LogP contribution in [0.3, 0.4) is 0 Å². The number of hydrogen-bond acceptors (Lipinski definition) is 7. The summed E-state index contributed by atoms with van der Waals surface area (Å²) in [4.78, 5) is 6.56. The van der Waals surface area contributed by atoms with Crippen molar-refractivity contribution in [1.29, 1.82) is 0 Å². The maximum absolute atomic E-state index is 10.8. The van der Waals surface area contributed by atoms with Crippen molar-refractivity contribution in [2.45, 2.75) is 51.3 Å². The lowest BCUT2D eigenvalue weighted by Crippen LogP contribution is -2.50. The molecule has 3 rings (SSSR count). The molecule has 0 saturated carbocycles. The Hall–Kier alpha value is -1.80. The molecule has 0 amide bonds. The van der Waals surface area contributed by atoms with Gasteiger partial charge in [0.25, 0.3) is 0 Å². The minimum Gasteiger partial charge on any atom is -0.387 e. The van der Waals surface area contributed by atoms with Gasteiger partial charge in [0.15, 0.2) is 5.82 Å². The molecule has 1 fully saturated rings. The van der Waals surface area contributed by atoms with Crippen molar-refractivity contribution in [2.24, 2.45) is 0 Å². The topological polar surface area (TPSA) is 93.1 Å². The van der Waals surface area contributed by atoms with Gasteiger partial charge >= 0.3 is 0 Å². The van der Waals surface area contributed by atoms with Crippen LogP contribution < -0.4 is 0 Å². The van der Waals surface area contributed by atoms with Crippen LogP contribution in [0.1, 0.15) is 37.9 Å². The first kappa shape index (κ1) is 15.1. The van der Waals surface area contributed by atoms with Crippen molar-refractivity contribution in [1.82, 2.24) is 30.0 Å². The van der Waals surface area contributed by atoms with Crippen LogP contribution in [0.15, 0.2) is 16.9 Å². The fourth-order valence-electron chi connectivity index (χ4n) is 2.96. The minimum atomic E-state index is -0.790. The van der Waals surface area contributed by atoms with Crippen LogP contribution in [-0.4, -0.2) is 53.8 Å². The highest BCUT2D eigenvalue weighted by Gasteiger charge is 2.34. The predicted molar refractivity (Wildman–Crippen MR) is 77.8 cm³/mol. The second-order valence-electron chi connectivity index (χ2n) is 5.99. The lowest BCUT2D eigenvalue weighted by molar-refractivity contribution is -0.0485. The molecule has 1 N–H and O–H groups in total. The fourth-order valence-corrected chi connectivity index (χ4v) is 2.96. The lowest BCUT2D eigenvalue weighted by atomic mass is 9.93. The van der Waals surface area contributed by atoms with Crippen LogP contribution in [0, 0.1) is 0 Å². The van der Waals surface area contributed by atoms with Gasteiger partial charge < -0.3 is 9.63 Å². The zero-order valence-electron chi connectivity index (χ0n) is 12.9. The number of rotatable bonds is 6. The number of hydrogen-bond donors (Lipinski definition) is 1. The average Bonchev–Trinajstić information content (AvgIpc) is 3.11. The van der Waals surface area contributed by atoms with Gasteiger partial charge in [0, 0.05) is 19.2 Å². The summed E-state index contributed by atoms with van der Waals surface area (Å²) in [6, 6.07) is 0. The van der Waals surface area contributed by atoms with E-state index in [2.05, 4.69) is 32.3 Å². The Kier molecular flexibility index (Phi) is 4.49. The number of aryl methyl sites for hydroxylation is 1. The van der Waals surface area contributed by atoms with Crippen LogP contribution in [-0.2, 0) is 19.5 Å². The molecule has 22 heavy (non-hydrogen) atoms. The fraction of sp³-hybridized carbons (Fsp3) is 0.714. The second-order valence-corrected chi connectivity index (χ2v) is 5.99. The Morgan fingerprint density at radius 2 is 2.36 bits per heavy atom. The third kappa shape index (κ3) is 3.69. The van der Waals surface area contributed by atoms with E-state index in [0.717, 1.165) is 32.2 Å². The molecule has 3 heterocycles. The number of piperidine rings is 1. The van der Waals surface area contributed by atoms with E-state index in [-0.39, 0.29) is 0 Å². The van der Waals surface area contributed by atoms with E-state index in [4.69, 9.17) is 4.52 Å². The first-order chi connectivity index (χ1) is 10.7. The summed E-state index contributed by atoms with van der Waals surface area (Å²) in [6.07, 6.45) is 6.89. The van der Waals surface area contributed by atoms with Crippen LogP contribution in [0.25, 0.3) is 0 Å². The van der Waals surface area contributed by atoms with Crippen LogP contribution in [0.4, 0.5) is 0 Å². The van der Waals surface area contributed by atoms with Crippen LogP contribution in [0.5, 0.6) is 0 Å². The Morgan fingerprint density at radius 1 is 1.45 bits per heavy atom. The van der Waals surface area contributed by atoms with Gasteiger partial charge in [0.05, 0.1) is 24.9 Å². The van der Waals surface area contributed by atoms with E-state index in [1.165, 1.54) is 0 Å². The number of β-amino-alcohol motifs (C(OH)–C–C–N with tert-alkyl or cyclic N) is 1. The van der Waals surface area contributed by atoms with Crippen molar-refractivity contribution in [3.05, 3.63) is 24.1 Å². The highest BCUT2D eigenvalue weighted by Crippen LogP contribution is 2.23. The molecule has 120 valence electrons. The summed E-state index contributed by atoms with van der Waals surface area (Å²) >= 11 is 0. The summed E-state index contributed by atoms with van der Waals surface area (Å²) in [5.41, 5.74) is -0.790. The van der Waals surface area contributed by atoms with Crippen molar-refractivity contribution in [3.8, 4) is 0 Å². The summed E-state index contributed by atoms with van der Waals surface area (Å²) in [6.45, 7) is 4.64. The third-order valence-corrected chi connectivity index (χ3v) is 3.90. The molecule has 1 aliphatic rings. The van der Waals surface area contributed by atoms with Gasteiger partial charge in [-0.15, -0.1) is 5.10 Å². The average molecular weight is 306 g/mol. The first-order valence-corrected chi connectivity index (χ1v) is 7.77. The highest BCUT2D eigenvalue weighted by atomic mass is 16.5. The normalized spacial score (nSPS) is 23.0.